The normalized spacial score (nSPS) is 15.1. The first-order valence-corrected chi connectivity index (χ1v) is 9.65. The lowest BCUT2D eigenvalue weighted by atomic mass is 10.2. The van der Waals surface area contributed by atoms with Crippen LogP contribution in [0, 0.1) is 0 Å². The van der Waals surface area contributed by atoms with Crippen molar-refractivity contribution in [1.82, 2.24) is 0 Å². The van der Waals surface area contributed by atoms with Crippen molar-refractivity contribution in [3.63, 3.8) is 0 Å². The van der Waals surface area contributed by atoms with E-state index in [2.05, 4.69) is 4.99 Å². The van der Waals surface area contributed by atoms with Crippen molar-refractivity contribution in [2.75, 3.05) is 6.61 Å². The monoisotopic (exact) mass is 422 g/mol. The van der Waals surface area contributed by atoms with Crippen molar-refractivity contribution in [1.29, 1.82) is 0 Å². The van der Waals surface area contributed by atoms with Gasteiger partial charge in [0.15, 0.2) is 16.7 Å². The summed E-state index contributed by atoms with van der Waals surface area (Å²) < 4.78 is 11.5. The first-order valence-electron chi connectivity index (χ1n) is 8.08. The Bertz CT molecular complexity index is 924. The van der Waals surface area contributed by atoms with E-state index < -0.39 is 0 Å². The number of carbonyl (C=O) groups excluding carboxylic acids is 1. The molecule has 0 bridgehead atoms. The fraction of sp³-hybridized carbons (Fsp3) is 0.158. The minimum atomic E-state index is -0.343. The maximum atomic E-state index is 11.8. The Kier molecular flexibility index (Phi) is 6.31. The molecule has 2 N–H and O–H groups in total. The highest BCUT2D eigenvalue weighted by atomic mass is 35.5. The van der Waals surface area contributed by atoms with Gasteiger partial charge in [0.1, 0.15) is 6.61 Å². The summed E-state index contributed by atoms with van der Waals surface area (Å²) in [6, 6.07) is 10.7. The molecule has 0 aromatic heterocycles. The minimum absolute atomic E-state index is 0.206. The van der Waals surface area contributed by atoms with Crippen LogP contribution in [0.25, 0.3) is 6.08 Å². The van der Waals surface area contributed by atoms with Gasteiger partial charge in [-0.2, -0.15) is 4.99 Å². The van der Waals surface area contributed by atoms with E-state index in [-0.39, 0.29) is 17.7 Å². The van der Waals surface area contributed by atoms with Crippen LogP contribution in [0.1, 0.15) is 18.1 Å². The molecular formula is C19H16Cl2N2O3S. The predicted molar refractivity (Wildman–Crippen MR) is 111 cm³/mol. The van der Waals surface area contributed by atoms with Crippen molar-refractivity contribution in [3.05, 3.63) is 62.5 Å². The van der Waals surface area contributed by atoms with Gasteiger partial charge in [0, 0.05) is 15.6 Å². The molecule has 5 nitrogen and oxygen atoms in total. The number of aliphatic imine (C=N–C) groups is 1. The molecule has 27 heavy (non-hydrogen) atoms. The van der Waals surface area contributed by atoms with Crippen LogP contribution in [0.15, 0.2) is 46.3 Å². The Labute approximate surface area is 171 Å². The van der Waals surface area contributed by atoms with Gasteiger partial charge in [-0.05, 0) is 54.6 Å². The van der Waals surface area contributed by atoms with E-state index in [4.69, 9.17) is 38.4 Å². The van der Waals surface area contributed by atoms with E-state index in [1.54, 1.807) is 36.4 Å². The van der Waals surface area contributed by atoms with Crippen LogP contribution in [-0.4, -0.2) is 17.7 Å². The van der Waals surface area contributed by atoms with Crippen LogP contribution in [0.4, 0.5) is 0 Å². The average molecular weight is 423 g/mol. The molecule has 0 atom stereocenters. The summed E-state index contributed by atoms with van der Waals surface area (Å²) in [7, 11) is 0. The van der Waals surface area contributed by atoms with E-state index in [9.17, 15) is 4.79 Å². The van der Waals surface area contributed by atoms with Gasteiger partial charge in [0.2, 0.25) is 0 Å². The molecular weight excluding hydrogens is 407 g/mol. The molecule has 1 heterocycles. The molecule has 0 saturated heterocycles. The van der Waals surface area contributed by atoms with Crippen molar-refractivity contribution in [2.45, 2.75) is 13.5 Å². The van der Waals surface area contributed by atoms with E-state index in [0.29, 0.717) is 38.6 Å². The Morgan fingerprint density at radius 1 is 1.15 bits per heavy atom. The minimum Gasteiger partial charge on any atom is -0.490 e. The van der Waals surface area contributed by atoms with Crippen LogP contribution in [0.5, 0.6) is 11.5 Å². The van der Waals surface area contributed by atoms with Crippen molar-refractivity contribution in [2.24, 2.45) is 10.7 Å². The third kappa shape index (κ3) is 4.77. The largest absolute Gasteiger partial charge is 0.490 e. The number of hydrogen-bond acceptors (Lipinski definition) is 5. The number of benzene rings is 2. The molecule has 140 valence electrons. The van der Waals surface area contributed by atoms with Crippen LogP contribution < -0.4 is 15.2 Å². The summed E-state index contributed by atoms with van der Waals surface area (Å²) in [5.74, 6) is 0.764. The quantitative estimate of drug-likeness (QED) is 0.669. The zero-order valence-corrected chi connectivity index (χ0v) is 16.7. The molecule has 0 aliphatic carbocycles. The highest BCUT2D eigenvalue weighted by Crippen LogP contribution is 2.33. The molecule has 0 unspecified atom stereocenters. The van der Waals surface area contributed by atoms with Crippen LogP contribution >= 0.6 is 35.0 Å². The molecule has 3 rings (SSSR count). The summed E-state index contributed by atoms with van der Waals surface area (Å²) in [4.78, 5) is 15.9. The molecule has 1 aliphatic rings. The van der Waals surface area contributed by atoms with Gasteiger partial charge >= 0.3 is 0 Å². The molecule has 2 aromatic carbocycles. The predicted octanol–water partition coefficient (Wildman–Crippen LogP) is 4.90. The van der Waals surface area contributed by atoms with Gasteiger partial charge in [-0.3, -0.25) is 4.79 Å². The maximum Gasteiger partial charge on any atom is 0.286 e. The Morgan fingerprint density at radius 3 is 2.52 bits per heavy atom. The number of ether oxygens (including phenoxy) is 2. The third-order valence-corrected chi connectivity index (χ3v) is 5.16. The smallest absolute Gasteiger partial charge is 0.286 e. The summed E-state index contributed by atoms with van der Waals surface area (Å²) >= 11 is 13.5. The van der Waals surface area contributed by atoms with Crippen LogP contribution in [0.2, 0.25) is 10.0 Å². The zero-order chi connectivity index (χ0) is 19.4. The summed E-state index contributed by atoms with van der Waals surface area (Å²) in [6.45, 7) is 2.55. The highest BCUT2D eigenvalue weighted by molar-refractivity contribution is 8.18. The van der Waals surface area contributed by atoms with Crippen molar-refractivity contribution < 1.29 is 14.3 Å². The lowest BCUT2D eigenvalue weighted by Crippen LogP contribution is -2.01. The van der Waals surface area contributed by atoms with Crippen molar-refractivity contribution >= 4 is 52.1 Å². The van der Waals surface area contributed by atoms with E-state index in [1.807, 2.05) is 13.0 Å². The summed E-state index contributed by atoms with van der Waals surface area (Å²) in [5, 5.41) is 1.32. The first kappa shape index (κ1) is 19.6. The van der Waals surface area contributed by atoms with Gasteiger partial charge < -0.3 is 15.2 Å². The Morgan fingerprint density at radius 2 is 1.89 bits per heavy atom. The Hall–Kier alpha value is -2.15. The second-order valence-electron chi connectivity index (χ2n) is 5.49. The number of halogens is 2. The molecule has 2 aromatic rings. The van der Waals surface area contributed by atoms with Crippen LogP contribution in [0.3, 0.4) is 0 Å². The summed E-state index contributed by atoms with van der Waals surface area (Å²) in [5.41, 5.74) is 7.06. The zero-order valence-electron chi connectivity index (χ0n) is 14.4. The second-order valence-corrected chi connectivity index (χ2v) is 7.37. The van der Waals surface area contributed by atoms with Crippen molar-refractivity contribution in [3.8, 4) is 11.5 Å². The number of carbonyl (C=O) groups is 1. The number of rotatable bonds is 6. The van der Waals surface area contributed by atoms with E-state index in [1.165, 1.54) is 0 Å². The Balaban J connectivity index is 1.82. The SMILES string of the molecule is CCOc1cc(/C=C2/SC(N)=NC2=O)ccc1OCc1c(Cl)cccc1Cl. The molecule has 0 spiro atoms. The fourth-order valence-electron chi connectivity index (χ4n) is 2.40. The van der Waals surface area contributed by atoms with Gasteiger partial charge in [-0.25, -0.2) is 0 Å². The number of thioether (sulfide) groups is 1. The molecule has 8 heteroatoms. The molecule has 1 amide bonds. The number of nitrogens with zero attached hydrogens (tertiary/aromatic N) is 1. The fourth-order valence-corrected chi connectivity index (χ4v) is 3.59. The number of nitrogens with two attached hydrogens (primary N) is 1. The van der Waals surface area contributed by atoms with Gasteiger partial charge in [-0.1, -0.05) is 35.3 Å². The van der Waals surface area contributed by atoms with Gasteiger partial charge in [0.05, 0.1) is 11.5 Å². The lowest BCUT2D eigenvalue weighted by Gasteiger charge is -2.14. The average Bonchev–Trinajstić information content (AvgIpc) is 2.93. The molecule has 0 fully saturated rings. The molecule has 1 aliphatic heterocycles. The number of amides is 1. The third-order valence-electron chi connectivity index (χ3n) is 3.64. The standard InChI is InChI=1S/C19H16Cl2N2O3S/c1-2-25-16-8-11(9-17-18(24)23-19(22)27-17)6-7-15(16)26-10-12-13(20)4-3-5-14(12)21/h3-9H,2,10H2,1H3,(H2,22,23,24)/b17-9+. The highest BCUT2D eigenvalue weighted by Gasteiger charge is 2.19. The molecule has 0 radical (unpaired) electrons. The van der Waals surface area contributed by atoms with E-state index in [0.717, 1.165) is 17.3 Å². The van der Waals surface area contributed by atoms with Gasteiger partial charge in [-0.15, -0.1) is 0 Å². The number of amidine groups is 1. The van der Waals surface area contributed by atoms with Crippen LogP contribution in [-0.2, 0) is 11.4 Å². The topological polar surface area (TPSA) is 73.9 Å². The van der Waals surface area contributed by atoms with Gasteiger partial charge in [0.25, 0.3) is 5.91 Å². The maximum absolute atomic E-state index is 11.8. The number of hydrogen-bond donors (Lipinski definition) is 1. The summed E-state index contributed by atoms with van der Waals surface area (Å²) in [6.07, 6.45) is 1.72. The van der Waals surface area contributed by atoms with E-state index >= 15 is 0 Å². The first-order chi connectivity index (χ1) is 13.0. The molecule has 0 saturated carbocycles. The second kappa shape index (κ2) is 8.69. The lowest BCUT2D eigenvalue weighted by molar-refractivity contribution is -0.113.